The summed E-state index contributed by atoms with van der Waals surface area (Å²) in [4.78, 5) is 33.7. The number of rotatable bonds is 8. The fraction of sp³-hybridized carbons (Fsp3) is 0.381. The molecule has 0 radical (unpaired) electrons. The van der Waals surface area contributed by atoms with Gasteiger partial charge in [0, 0.05) is 30.9 Å². The standard InChI is InChI=1S/C21H25N3O3S/c1-4-27-12-16-8-6-5-7-15(16)11-22-18(25)10-9-17-23-20(26)19-13(2)14(3)28-21(19)24-17/h5-8H,4,9-12H2,1-3H3,(H,22,25)(H,23,24,26). The Hall–Kier alpha value is -2.51. The van der Waals surface area contributed by atoms with Gasteiger partial charge in [-0.3, -0.25) is 9.59 Å². The van der Waals surface area contributed by atoms with Crippen molar-refractivity contribution in [3.63, 3.8) is 0 Å². The predicted molar refractivity (Wildman–Crippen MR) is 112 cm³/mol. The second kappa shape index (κ2) is 9.12. The van der Waals surface area contributed by atoms with Gasteiger partial charge in [-0.05, 0) is 37.5 Å². The number of aryl methyl sites for hydroxylation is 3. The number of amides is 1. The number of fused-ring (bicyclic) bond motifs is 1. The largest absolute Gasteiger partial charge is 0.377 e. The van der Waals surface area contributed by atoms with Crippen LogP contribution in [0.1, 0.15) is 40.7 Å². The lowest BCUT2D eigenvalue weighted by atomic mass is 10.1. The molecule has 0 aliphatic carbocycles. The second-order valence-corrected chi connectivity index (χ2v) is 7.86. The topological polar surface area (TPSA) is 84.1 Å². The Morgan fingerprint density at radius 2 is 2.00 bits per heavy atom. The Morgan fingerprint density at radius 1 is 1.25 bits per heavy atom. The molecule has 3 aromatic rings. The van der Waals surface area contributed by atoms with Crippen LogP contribution in [0, 0.1) is 13.8 Å². The summed E-state index contributed by atoms with van der Waals surface area (Å²) in [6.45, 7) is 7.51. The van der Waals surface area contributed by atoms with Crippen molar-refractivity contribution in [3.8, 4) is 0 Å². The lowest BCUT2D eigenvalue weighted by molar-refractivity contribution is -0.121. The summed E-state index contributed by atoms with van der Waals surface area (Å²) in [5.74, 6) is 0.471. The molecule has 0 spiro atoms. The van der Waals surface area contributed by atoms with Gasteiger partial charge in [0.05, 0.1) is 12.0 Å². The molecule has 1 amide bonds. The highest BCUT2D eigenvalue weighted by atomic mass is 32.1. The molecule has 0 atom stereocenters. The van der Waals surface area contributed by atoms with E-state index in [1.54, 1.807) is 0 Å². The fourth-order valence-electron chi connectivity index (χ4n) is 3.01. The van der Waals surface area contributed by atoms with E-state index in [-0.39, 0.29) is 17.9 Å². The average Bonchev–Trinajstić information content (AvgIpc) is 2.97. The van der Waals surface area contributed by atoms with Gasteiger partial charge in [0.2, 0.25) is 5.91 Å². The van der Waals surface area contributed by atoms with Gasteiger partial charge in [-0.25, -0.2) is 4.98 Å². The number of aromatic amines is 1. The van der Waals surface area contributed by atoms with Crippen LogP contribution in [0.4, 0.5) is 0 Å². The number of ether oxygens (including phenoxy) is 1. The average molecular weight is 400 g/mol. The Labute approximate surface area is 168 Å². The van der Waals surface area contributed by atoms with Crippen molar-refractivity contribution >= 4 is 27.5 Å². The minimum Gasteiger partial charge on any atom is -0.377 e. The van der Waals surface area contributed by atoms with Crippen LogP contribution in [-0.4, -0.2) is 22.5 Å². The van der Waals surface area contributed by atoms with E-state index in [0.29, 0.717) is 37.4 Å². The summed E-state index contributed by atoms with van der Waals surface area (Å²) in [7, 11) is 0. The Balaban J connectivity index is 1.59. The predicted octanol–water partition coefficient (Wildman–Crippen LogP) is 3.39. The van der Waals surface area contributed by atoms with E-state index >= 15 is 0 Å². The van der Waals surface area contributed by atoms with E-state index in [1.807, 2.05) is 45.0 Å². The summed E-state index contributed by atoms with van der Waals surface area (Å²) in [6, 6.07) is 7.91. The van der Waals surface area contributed by atoms with E-state index in [2.05, 4.69) is 15.3 Å². The number of nitrogens with zero attached hydrogens (tertiary/aromatic N) is 1. The molecular formula is C21H25N3O3S. The first-order valence-corrected chi connectivity index (χ1v) is 10.2. The number of thiophene rings is 1. The highest BCUT2D eigenvalue weighted by Crippen LogP contribution is 2.25. The van der Waals surface area contributed by atoms with Gasteiger partial charge >= 0.3 is 0 Å². The van der Waals surface area contributed by atoms with E-state index < -0.39 is 0 Å². The molecule has 0 fully saturated rings. The van der Waals surface area contributed by atoms with Crippen molar-refractivity contribution in [1.82, 2.24) is 15.3 Å². The number of benzene rings is 1. The molecule has 0 aliphatic rings. The van der Waals surface area contributed by atoms with Crippen LogP contribution >= 0.6 is 11.3 Å². The molecule has 0 aliphatic heterocycles. The molecule has 148 valence electrons. The zero-order chi connectivity index (χ0) is 20.1. The van der Waals surface area contributed by atoms with Crippen LogP contribution < -0.4 is 10.9 Å². The molecule has 2 N–H and O–H groups in total. The maximum Gasteiger partial charge on any atom is 0.259 e. The quantitative estimate of drug-likeness (QED) is 0.608. The second-order valence-electron chi connectivity index (χ2n) is 6.66. The van der Waals surface area contributed by atoms with E-state index in [0.717, 1.165) is 26.4 Å². The molecule has 2 aromatic heterocycles. The Kier molecular flexibility index (Phi) is 6.59. The molecule has 28 heavy (non-hydrogen) atoms. The first-order chi connectivity index (χ1) is 13.5. The van der Waals surface area contributed by atoms with Gasteiger partial charge in [0.1, 0.15) is 10.7 Å². The van der Waals surface area contributed by atoms with Crippen molar-refractivity contribution in [2.75, 3.05) is 6.61 Å². The first-order valence-electron chi connectivity index (χ1n) is 9.39. The highest BCUT2D eigenvalue weighted by Gasteiger charge is 2.13. The maximum atomic E-state index is 12.3. The summed E-state index contributed by atoms with van der Waals surface area (Å²) < 4.78 is 5.48. The summed E-state index contributed by atoms with van der Waals surface area (Å²) in [6.07, 6.45) is 0.666. The molecule has 1 aromatic carbocycles. The number of aromatic nitrogens is 2. The third-order valence-corrected chi connectivity index (χ3v) is 5.83. The number of carbonyl (C=O) groups is 1. The minimum atomic E-state index is -0.132. The number of hydrogen-bond donors (Lipinski definition) is 2. The van der Waals surface area contributed by atoms with Crippen LogP contribution in [-0.2, 0) is 29.1 Å². The lowest BCUT2D eigenvalue weighted by Crippen LogP contribution is -2.24. The summed E-state index contributed by atoms with van der Waals surface area (Å²) in [5, 5.41) is 3.59. The maximum absolute atomic E-state index is 12.3. The van der Waals surface area contributed by atoms with Crippen molar-refractivity contribution in [3.05, 3.63) is 62.0 Å². The molecule has 3 rings (SSSR count). The number of carbonyl (C=O) groups excluding carboxylic acids is 1. The van der Waals surface area contributed by atoms with Gasteiger partial charge in [-0.15, -0.1) is 11.3 Å². The molecule has 2 heterocycles. The highest BCUT2D eigenvalue weighted by molar-refractivity contribution is 7.18. The van der Waals surface area contributed by atoms with Crippen molar-refractivity contribution in [2.24, 2.45) is 0 Å². The van der Waals surface area contributed by atoms with Crippen LogP contribution in [0.25, 0.3) is 10.2 Å². The smallest absolute Gasteiger partial charge is 0.259 e. The van der Waals surface area contributed by atoms with Gasteiger partial charge in [-0.1, -0.05) is 24.3 Å². The summed E-state index contributed by atoms with van der Waals surface area (Å²) >= 11 is 1.51. The molecule has 0 saturated carbocycles. The molecular weight excluding hydrogens is 374 g/mol. The number of hydrogen-bond acceptors (Lipinski definition) is 5. The van der Waals surface area contributed by atoms with Crippen LogP contribution in [0.15, 0.2) is 29.1 Å². The van der Waals surface area contributed by atoms with Gasteiger partial charge < -0.3 is 15.0 Å². The van der Waals surface area contributed by atoms with Crippen molar-refractivity contribution in [2.45, 2.75) is 46.8 Å². The molecule has 7 heteroatoms. The van der Waals surface area contributed by atoms with E-state index in [9.17, 15) is 9.59 Å². The van der Waals surface area contributed by atoms with Gasteiger partial charge in [0.25, 0.3) is 5.56 Å². The van der Waals surface area contributed by atoms with Gasteiger partial charge in [0.15, 0.2) is 0 Å². The lowest BCUT2D eigenvalue weighted by Gasteiger charge is -2.10. The third-order valence-electron chi connectivity index (χ3n) is 4.73. The zero-order valence-corrected chi connectivity index (χ0v) is 17.2. The van der Waals surface area contributed by atoms with Crippen LogP contribution in [0.2, 0.25) is 0 Å². The van der Waals surface area contributed by atoms with Crippen LogP contribution in [0.5, 0.6) is 0 Å². The molecule has 6 nitrogen and oxygen atoms in total. The van der Waals surface area contributed by atoms with Crippen molar-refractivity contribution < 1.29 is 9.53 Å². The minimum absolute atomic E-state index is 0.0764. The molecule has 0 unspecified atom stereocenters. The summed E-state index contributed by atoms with van der Waals surface area (Å²) in [5.41, 5.74) is 2.96. The van der Waals surface area contributed by atoms with E-state index in [1.165, 1.54) is 11.3 Å². The molecule has 0 bridgehead atoms. The van der Waals surface area contributed by atoms with Crippen LogP contribution in [0.3, 0.4) is 0 Å². The third kappa shape index (κ3) is 4.66. The fourth-order valence-corrected chi connectivity index (χ4v) is 4.06. The SMILES string of the molecule is CCOCc1ccccc1CNC(=O)CCc1nc2sc(C)c(C)c2c(=O)[nH]1. The zero-order valence-electron chi connectivity index (χ0n) is 16.4. The number of H-pyrrole nitrogens is 1. The normalized spacial score (nSPS) is 11.1. The van der Waals surface area contributed by atoms with E-state index in [4.69, 9.17) is 4.74 Å². The first kappa shape index (κ1) is 20.2. The Bertz CT molecular complexity index is 1040. The van der Waals surface area contributed by atoms with Gasteiger partial charge in [-0.2, -0.15) is 0 Å². The Morgan fingerprint density at radius 3 is 2.75 bits per heavy atom. The van der Waals surface area contributed by atoms with Crippen molar-refractivity contribution in [1.29, 1.82) is 0 Å². The molecule has 0 saturated heterocycles. The number of nitrogens with one attached hydrogen (secondary N) is 2. The monoisotopic (exact) mass is 399 g/mol.